The van der Waals surface area contributed by atoms with Crippen LogP contribution in [0.2, 0.25) is 0 Å². The van der Waals surface area contributed by atoms with E-state index >= 15 is 0 Å². The summed E-state index contributed by atoms with van der Waals surface area (Å²) >= 11 is 0. The Kier molecular flexibility index (Phi) is 6.90. The third kappa shape index (κ3) is 9.37. The number of hydrogen-bond donors (Lipinski definition) is 1. The maximum absolute atomic E-state index is 10.5. The fraction of sp³-hybridized carbons (Fsp3) is 0.667. The molecule has 0 saturated carbocycles. The van der Waals surface area contributed by atoms with E-state index in [0.717, 1.165) is 6.54 Å². The molecule has 3 nitrogen and oxygen atoms in total. The van der Waals surface area contributed by atoms with Crippen molar-refractivity contribution in [3.63, 3.8) is 0 Å². The van der Waals surface area contributed by atoms with E-state index in [0.29, 0.717) is 4.48 Å². The van der Waals surface area contributed by atoms with Crippen molar-refractivity contribution in [1.29, 1.82) is 5.41 Å². The van der Waals surface area contributed by atoms with Crippen LogP contribution in [0, 0.1) is 5.41 Å². The molecule has 0 unspecified atom stereocenters. The lowest BCUT2D eigenvalue weighted by atomic mass is 10.3. The number of hydrogen-bond acceptors (Lipinski definition) is 2. The minimum Gasteiger partial charge on any atom is -0.858 e. The molecule has 0 fully saturated rings. The van der Waals surface area contributed by atoms with Crippen LogP contribution in [-0.4, -0.2) is 37.6 Å². The Balaban J connectivity index is 0. The number of nitrogens with zero attached hydrogens (tertiary/aromatic N) is 1. The molecule has 0 atom stereocenters. The molecule has 78 valence electrons. The third-order valence-electron chi connectivity index (χ3n) is 1.57. The van der Waals surface area contributed by atoms with Gasteiger partial charge in [-0.15, -0.1) is 12.4 Å². The molecule has 0 saturated heterocycles. The van der Waals surface area contributed by atoms with Gasteiger partial charge in [0.1, 0.15) is 6.54 Å². The van der Waals surface area contributed by atoms with Crippen LogP contribution in [0.5, 0.6) is 0 Å². The van der Waals surface area contributed by atoms with Crippen LogP contribution in [0.25, 0.3) is 0 Å². The highest BCUT2D eigenvalue weighted by atomic mass is 35.5. The molecule has 0 rings (SSSR count). The van der Waals surface area contributed by atoms with Crippen molar-refractivity contribution in [3.05, 3.63) is 11.6 Å². The number of nitrogens with one attached hydrogen (secondary N) is 1. The molecule has 0 aliphatic heterocycles. The molecular weight excluding hydrogens is 188 g/mol. The van der Waals surface area contributed by atoms with Crippen molar-refractivity contribution in [1.82, 2.24) is 0 Å². The molecule has 0 aromatic rings. The van der Waals surface area contributed by atoms with Crippen LogP contribution in [0.3, 0.4) is 0 Å². The zero-order valence-corrected chi connectivity index (χ0v) is 9.57. The second-order valence-corrected chi connectivity index (χ2v) is 3.98. The highest BCUT2D eigenvalue weighted by Gasteiger charge is 2.11. The van der Waals surface area contributed by atoms with Gasteiger partial charge in [0, 0.05) is 5.90 Å². The van der Waals surface area contributed by atoms with E-state index in [1.807, 2.05) is 27.9 Å². The first-order valence-corrected chi connectivity index (χ1v) is 4.03. The standard InChI is InChI=1S/C9H18N2O.ClH/c1-8(2)5-6-11(3,4)7-9(10)12;/h5H,6-7H2,1-4H3,(H-,10,12);1H. The molecular formula is C9H19ClN2O. The fourth-order valence-corrected chi connectivity index (χ4v) is 0.883. The lowest BCUT2D eigenvalue weighted by Crippen LogP contribution is -2.46. The van der Waals surface area contributed by atoms with Crippen LogP contribution in [-0.2, 0) is 0 Å². The van der Waals surface area contributed by atoms with Crippen molar-refractivity contribution in [2.24, 2.45) is 0 Å². The van der Waals surface area contributed by atoms with E-state index in [2.05, 4.69) is 6.08 Å². The van der Waals surface area contributed by atoms with Crippen LogP contribution < -0.4 is 5.11 Å². The van der Waals surface area contributed by atoms with E-state index < -0.39 is 5.90 Å². The highest BCUT2D eigenvalue weighted by molar-refractivity contribution is 5.85. The Bertz CT molecular complexity index is 196. The SMILES string of the molecule is CC(C)=CC[N+](C)(C)CC(=N)[O-].Cl. The number of likely N-dealkylation sites (N-methyl/N-ethyl adjacent to an activating group) is 1. The van der Waals surface area contributed by atoms with Crippen molar-refractivity contribution in [2.75, 3.05) is 27.2 Å². The summed E-state index contributed by atoms with van der Waals surface area (Å²) in [5.41, 5.74) is 1.25. The Morgan fingerprint density at radius 2 is 1.85 bits per heavy atom. The highest BCUT2D eigenvalue weighted by Crippen LogP contribution is 1.98. The summed E-state index contributed by atoms with van der Waals surface area (Å²) in [6.45, 7) is 5.15. The number of rotatable bonds is 4. The zero-order valence-electron chi connectivity index (χ0n) is 8.76. The summed E-state index contributed by atoms with van der Waals surface area (Å²) in [5, 5.41) is 17.4. The van der Waals surface area contributed by atoms with Crippen LogP contribution in [0.15, 0.2) is 11.6 Å². The summed E-state index contributed by atoms with van der Waals surface area (Å²) in [4.78, 5) is 0. The van der Waals surface area contributed by atoms with Crippen LogP contribution in [0.4, 0.5) is 0 Å². The van der Waals surface area contributed by atoms with Gasteiger partial charge in [-0.05, 0) is 19.9 Å². The van der Waals surface area contributed by atoms with Crippen LogP contribution in [0.1, 0.15) is 13.8 Å². The van der Waals surface area contributed by atoms with Crippen LogP contribution >= 0.6 is 12.4 Å². The molecule has 0 aliphatic rings. The van der Waals surface area contributed by atoms with Crippen molar-refractivity contribution in [3.8, 4) is 0 Å². The van der Waals surface area contributed by atoms with Gasteiger partial charge in [0.05, 0.1) is 20.6 Å². The molecule has 0 spiro atoms. The van der Waals surface area contributed by atoms with Crippen molar-refractivity contribution < 1.29 is 9.59 Å². The second-order valence-electron chi connectivity index (χ2n) is 3.98. The van der Waals surface area contributed by atoms with Gasteiger partial charge in [-0.2, -0.15) is 0 Å². The normalized spacial score (nSPS) is 10.2. The third-order valence-corrected chi connectivity index (χ3v) is 1.57. The molecule has 0 aliphatic carbocycles. The summed E-state index contributed by atoms with van der Waals surface area (Å²) in [7, 11) is 3.90. The minimum atomic E-state index is -0.498. The zero-order chi connectivity index (χ0) is 9.78. The molecule has 0 heterocycles. The molecule has 1 N–H and O–H groups in total. The minimum absolute atomic E-state index is 0. The van der Waals surface area contributed by atoms with E-state index in [-0.39, 0.29) is 19.0 Å². The van der Waals surface area contributed by atoms with Gasteiger partial charge in [0.15, 0.2) is 0 Å². The number of quaternary nitrogens is 1. The van der Waals surface area contributed by atoms with E-state index in [4.69, 9.17) is 5.41 Å². The van der Waals surface area contributed by atoms with E-state index in [1.54, 1.807) is 0 Å². The Hall–Kier alpha value is -0.540. The fourth-order valence-electron chi connectivity index (χ4n) is 0.883. The number of halogens is 1. The summed E-state index contributed by atoms with van der Waals surface area (Å²) in [6, 6.07) is 0. The average Bonchev–Trinajstić information content (AvgIpc) is 1.81. The first-order chi connectivity index (χ1) is 5.33. The Labute approximate surface area is 86.6 Å². The lowest BCUT2D eigenvalue weighted by molar-refractivity contribution is -0.877. The molecule has 0 aromatic heterocycles. The average molecular weight is 207 g/mol. The summed E-state index contributed by atoms with van der Waals surface area (Å²) in [5.74, 6) is -0.498. The lowest BCUT2D eigenvalue weighted by Gasteiger charge is -2.30. The molecule has 13 heavy (non-hydrogen) atoms. The first kappa shape index (κ1) is 15.0. The quantitative estimate of drug-likeness (QED) is 0.314. The maximum atomic E-state index is 10.5. The molecule has 4 heteroatoms. The maximum Gasteiger partial charge on any atom is 0.107 e. The van der Waals surface area contributed by atoms with E-state index in [9.17, 15) is 5.11 Å². The van der Waals surface area contributed by atoms with Gasteiger partial charge in [-0.1, -0.05) is 5.57 Å². The Morgan fingerprint density at radius 1 is 1.38 bits per heavy atom. The monoisotopic (exact) mass is 206 g/mol. The van der Waals surface area contributed by atoms with Crippen molar-refractivity contribution >= 4 is 18.3 Å². The second kappa shape index (κ2) is 6.00. The summed E-state index contributed by atoms with van der Waals surface area (Å²) in [6.07, 6.45) is 2.09. The molecule has 0 bridgehead atoms. The Morgan fingerprint density at radius 3 is 2.15 bits per heavy atom. The predicted octanol–water partition coefficient (Wildman–Crippen LogP) is 0.788. The summed E-state index contributed by atoms with van der Waals surface area (Å²) < 4.78 is 0.563. The molecule has 0 amide bonds. The largest absolute Gasteiger partial charge is 0.858 e. The first-order valence-electron chi connectivity index (χ1n) is 4.03. The molecule has 0 radical (unpaired) electrons. The van der Waals surface area contributed by atoms with Gasteiger partial charge in [0.2, 0.25) is 0 Å². The van der Waals surface area contributed by atoms with Crippen molar-refractivity contribution in [2.45, 2.75) is 13.8 Å². The van der Waals surface area contributed by atoms with Gasteiger partial charge < -0.3 is 15.0 Å². The molecule has 0 aromatic carbocycles. The van der Waals surface area contributed by atoms with Gasteiger partial charge in [0.25, 0.3) is 0 Å². The smallest absolute Gasteiger partial charge is 0.107 e. The van der Waals surface area contributed by atoms with Gasteiger partial charge in [-0.25, -0.2) is 0 Å². The van der Waals surface area contributed by atoms with Gasteiger partial charge >= 0.3 is 0 Å². The van der Waals surface area contributed by atoms with E-state index in [1.165, 1.54) is 5.57 Å². The number of allylic oxidation sites excluding steroid dienone is 1. The predicted molar refractivity (Wildman–Crippen MR) is 56.2 cm³/mol. The van der Waals surface area contributed by atoms with Gasteiger partial charge in [-0.3, -0.25) is 0 Å². The topological polar surface area (TPSA) is 46.9 Å².